The number of carbonyl (C=O) groups is 1. The second kappa shape index (κ2) is 9.41. The summed E-state index contributed by atoms with van der Waals surface area (Å²) in [4.78, 5) is 12.2. The van der Waals surface area contributed by atoms with Gasteiger partial charge in [0.1, 0.15) is 10.6 Å². The molecule has 7 nitrogen and oxygen atoms in total. The fourth-order valence-corrected chi connectivity index (χ4v) is 4.62. The van der Waals surface area contributed by atoms with E-state index in [0.29, 0.717) is 29.5 Å². The number of nitrogens with zero attached hydrogens (tertiary/aromatic N) is 1. The zero-order chi connectivity index (χ0) is 20.9. The molecule has 1 amide bonds. The van der Waals surface area contributed by atoms with Crippen molar-refractivity contribution in [1.82, 2.24) is 4.31 Å². The quantitative estimate of drug-likeness (QED) is 0.703. The van der Waals surface area contributed by atoms with Gasteiger partial charge in [0.15, 0.2) is 0 Å². The van der Waals surface area contributed by atoms with E-state index in [2.05, 4.69) is 5.32 Å². The van der Waals surface area contributed by atoms with Crippen molar-refractivity contribution in [3.8, 4) is 5.75 Å². The smallest absolute Gasteiger partial charge is 0.248 e. The van der Waals surface area contributed by atoms with E-state index in [1.807, 2.05) is 0 Å². The number of rotatable bonds is 6. The van der Waals surface area contributed by atoms with Crippen molar-refractivity contribution >= 4 is 39.3 Å². The third-order valence-electron chi connectivity index (χ3n) is 4.33. The minimum atomic E-state index is -3.74. The highest BCUT2D eigenvalue weighted by Gasteiger charge is 2.29. The number of amides is 1. The predicted octanol–water partition coefficient (Wildman–Crippen LogP) is 3.02. The van der Waals surface area contributed by atoms with Crippen molar-refractivity contribution in [1.29, 1.82) is 0 Å². The van der Waals surface area contributed by atoms with Gasteiger partial charge < -0.3 is 14.8 Å². The SMILES string of the molecule is COc1ccc(/C=C/C(=O)Nc2ccccc2Cl)cc1S(=O)(=O)N1CCOCC1. The lowest BCUT2D eigenvalue weighted by molar-refractivity contribution is -0.111. The highest BCUT2D eigenvalue weighted by Crippen LogP contribution is 2.29. The molecule has 0 spiro atoms. The molecule has 154 valence electrons. The molecule has 0 atom stereocenters. The molecule has 0 aromatic heterocycles. The van der Waals surface area contributed by atoms with E-state index in [0.717, 1.165) is 0 Å². The van der Waals surface area contributed by atoms with Gasteiger partial charge in [-0.2, -0.15) is 4.31 Å². The van der Waals surface area contributed by atoms with E-state index in [1.165, 1.54) is 29.6 Å². The number of nitrogens with one attached hydrogen (secondary N) is 1. The van der Waals surface area contributed by atoms with Gasteiger partial charge in [0.2, 0.25) is 15.9 Å². The van der Waals surface area contributed by atoms with Crippen molar-refractivity contribution in [3.05, 3.63) is 59.1 Å². The number of hydrogen-bond donors (Lipinski definition) is 1. The van der Waals surface area contributed by atoms with Crippen LogP contribution in [0.15, 0.2) is 53.4 Å². The van der Waals surface area contributed by atoms with E-state index in [9.17, 15) is 13.2 Å². The van der Waals surface area contributed by atoms with Crippen LogP contribution < -0.4 is 10.1 Å². The molecule has 0 saturated carbocycles. The van der Waals surface area contributed by atoms with Gasteiger partial charge in [-0.3, -0.25) is 4.79 Å². The number of halogens is 1. The van der Waals surface area contributed by atoms with Gasteiger partial charge in [-0.25, -0.2) is 8.42 Å². The maximum absolute atomic E-state index is 13.0. The maximum atomic E-state index is 13.0. The van der Waals surface area contributed by atoms with Crippen LogP contribution in [0.1, 0.15) is 5.56 Å². The number of methoxy groups -OCH3 is 1. The minimum Gasteiger partial charge on any atom is -0.495 e. The van der Waals surface area contributed by atoms with Crippen LogP contribution >= 0.6 is 11.6 Å². The first-order chi connectivity index (χ1) is 13.9. The molecule has 1 aliphatic rings. The summed E-state index contributed by atoms with van der Waals surface area (Å²) in [6, 6.07) is 11.6. The first-order valence-corrected chi connectivity index (χ1v) is 10.7. The van der Waals surface area contributed by atoms with Crippen molar-refractivity contribution in [3.63, 3.8) is 0 Å². The van der Waals surface area contributed by atoms with Crippen LogP contribution in [0.4, 0.5) is 5.69 Å². The van der Waals surface area contributed by atoms with Crippen LogP contribution in [-0.2, 0) is 19.6 Å². The molecule has 2 aromatic rings. The Morgan fingerprint density at radius 2 is 1.93 bits per heavy atom. The number of benzene rings is 2. The highest BCUT2D eigenvalue weighted by molar-refractivity contribution is 7.89. The Morgan fingerprint density at radius 1 is 1.21 bits per heavy atom. The fraction of sp³-hybridized carbons (Fsp3) is 0.250. The lowest BCUT2D eigenvalue weighted by Gasteiger charge is -2.26. The first kappa shape index (κ1) is 21.3. The molecule has 1 heterocycles. The Hall–Kier alpha value is -2.39. The Balaban J connectivity index is 1.82. The van der Waals surface area contributed by atoms with E-state index in [1.54, 1.807) is 36.4 Å². The third-order valence-corrected chi connectivity index (χ3v) is 6.58. The lowest BCUT2D eigenvalue weighted by Crippen LogP contribution is -2.40. The number of morpholine rings is 1. The molecular formula is C20H21ClN2O5S. The van der Waals surface area contributed by atoms with Crippen molar-refractivity contribution in [2.24, 2.45) is 0 Å². The van der Waals surface area contributed by atoms with E-state index < -0.39 is 10.0 Å². The third kappa shape index (κ3) is 5.16. The molecule has 1 aliphatic heterocycles. The molecule has 29 heavy (non-hydrogen) atoms. The summed E-state index contributed by atoms with van der Waals surface area (Å²) >= 11 is 6.03. The largest absolute Gasteiger partial charge is 0.495 e. The number of sulfonamides is 1. The Kier molecular flexibility index (Phi) is 6.92. The van der Waals surface area contributed by atoms with Gasteiger partial charge in [-0.15, -0.1) is 0 Å². The molecule has 0 unspecified atom stereocenters. The van der Waals surface area contributed by atoms with Crippen LogP contribution in [0.5, 0.6) is 5.75 Å². The van der Waals surface area contributed by atoms with Gasteiger partial charge in [0, 0.05) is 19.2 Å². The van der Waals surface area contributed by atoms with Gasteiger partial charge in [-0.1, -0.05) is 29.8 Å². The minimum absolute atomic E-state index is 0.0514. The van der Waals surface area contributed by atoms with E-state index >= 15 is 0 Å². The molecule has 0 radical (unpaired) electrons. The summed E-state index contributed by atoms with van der Waals surface area (Å²) < 4.78 is 37.9. The number of carbonyl (C=O) groups excluding carboxylic acids is 1. The topological polar surface area (TPSA) is 84.9 Å². The van der Waals surface area contributed by atoms with Gasteiger partial charge in [0.25, 0.3) is 0 Å². The Bertz CT molecular complexity index is 1020. The standard InChI is InChI=1S/C20H21ClN2O5S/c1-27-18-8-6-15(7-9-20(24)22-17-5-3-2-4-16(17)21)14-19(18)29(25,26)23-10-12-28-13-11-23/h2-9,14H,10-13H2,1H3,(H,22,24)/b9-7+. The average molecular weight is 437 g/mol. The summed E-state index contributed by atoms with van der Waals surface area (Å²) in [6.07, 6.45) is 2.85. The normalized spacial score (nSPS) is 15.4. The summed E-state index contributed by atoms with van der Waals surface area (Å²) in [7, 11) is -2.33. The van der Waals surface area contributed by atoms with E-state index in [4.69, 9.17) is 21.1 Å². The van der Waals surface area contributed by atoms with Gasteiger partial charge in [-0.05, 0) is 35.9 Å². The Labute approximate surface area is 174 Å². The highest BCUT2D eigenvalue weighted by atomic mass is 35.5. The number of para-hydroxylation sites is 1. The molecule has 1 N–H and O–H groups in total. The zero-order valence-corrected chi connectivity index (χ0v) is 17.4. The zero-order valence-electron chi connectivity index (χ0n) is 15.8. The fourth-order valence-electron chi connectivity index (χ4n) is 2.83. The van der Waals surface area contributed by atoms with Crippen LogP contribution in [0, 0.1) is 0 Å². The summed E-state index contributed by atoms with van der Waals surface area (Å²) in [5.74, 6) is -0.138. The second-order valence-electron chi connectivity index (χ2n) is 6.23. The maximum Gasteiger partial charge on any atom is 0.248 e. The summed E-state index contributed by atoms with van der Waals surface area (Å²) in [6.45, 7) is 1.27. The van der Waals surface area contributed by atoms with E-state index in [-0.39, 0.29) is 29.6 Å². The summed E-state index contributed by atoms with van der Waals surface area (Å²) in [5, 5.41) is 3.11. The monoisotopic (exact) mass is 436 g/mol. The molecule has 1 saturated heterocycles. The average Bonchev–Trinajstić information content (AvgIpc) is 2.74. The number of hydrogen-bond acceptors (Lipinski definition) is 5. The number of anilines is 1. The molecule has 2 aromatic carbocycles. The van der Waals surface area contributed by atoms with Gasteiger partial charge in [0.05, 0.1) is 31.0 Å². The van der Waals surface area contributed by atoms with Gasteiger partial charge >= 0.3 is 0 Å². The first-order valence-electron chi connectivity index (χ1n) is 8.91. The predicted molar refractivity (Wildman–Crippen MR) is 112 cm³/mol. The van der Waals surface area contributed by atoms with Crippen LogP contribution in [-0.4, -0.2) is 52.0 Å². The summed E-state index contributed by atoms with van der Waals surface area (Å²) in [5.41, 5.74) is 1.04. The van der Waals surface area contributed by atoms with Crippen molar-refractivity contribution in [2.45, 2.75) is 4.90 Å². The molecule has 0 bridgehead atoms. The van der Waals surface area contributed by atoms with Crippen molar-refractivity contribution < 1.29 is 22.7 Å². The van der Waals surface area contributed by atoms with Crippen LogP contribution in [0.2, 0.25) is 5.02 Å². The van der Waals surface area contributed by atoms with Crippen molar-refractivity contribution in [2.75, 3.05) is 38.7 Å². The second-order valence-corrected chi connectivity index (χ2v) is 8.54. The Morgan fingerprint density at radius 3 is 2.62 bits per heavy atom. The van der Waals surface area contributed by atoms with Crippen LogP contribution in [0.25, 0.3) is 6.08 Å². The molecule has 1 fully saturated rings. The molecule has 0 aliphatic carbocycles. The molecule has 9 heteroatoms. The lowest BCUT2D eigenvalue weighted by atomic mass is 10.2. The van der Waals surface area contributed by atoms with Crippen LogP contribution in [0.3, 0.4) is 0 Å². The molecular weight excluding hydrogens is 416 g/mol. The molecule has 3 rings (SSSR count). The number of ether oxygens (including phenoxy) is 2.